The largest absolute Gasteiger partial charge is 0.404 e. The number of rotatable bonds is 5. The van der Waals surface area contributed by atoms with E-state index in [1.54, 1.807) is 41.6 Å². The summed E-state index contributed by atoms with van der Waals surface area (Å²) in [6.45, 7) is 0. The van der Waals surface area contributed by atoms with Gasteiger partial charge in [-0.05, 0) is 49.4 Å². The minimum absolute atomic E-state index is 0.0793. The van der Waals surface area contributed by atoms with Crippen LogP contribution in [0.3, 0.4) is 0 Å². The van der Waals surface area contributed by atoms with Crippen LogP contribution in [0, 0.1) is 0 Å². The number of imidazole rings is 1. The zero-order chi connectivity index (χ0) is 27.5. The van der Waals surface area contributed by atoms with Gasteiger partial charge in [0, 0.05) is 67.4 Å². The molecule has 0 spiro atoms. The van der Waals surface area contributed by atoms with E-state index < -0.39 is 10.0 Å². The fraction of sp³-hybridized carbons (Fsp3) is 0.357. The summed E-state index contributed by atoms with van der Waals surface area (Å²) in [5, 5.41) is 0.880. The predicted octanol–water partition coefficient (Wildman–Crippen LogP) is 3.08. The van der Waals surface area contributed by atoms with Crippen LogP contribution in [0.5, 0.6) is 0 Å². The number of aliphatic imine (C=N–C) groups is 1. The molecule has 0 aliphatic carbocycles. The van der Waals surface area contributed by atoms with Crippen molar-refractivity contribution in [2.75, 3.05) is 13.3 Å². The number of nitrogens with two attached hydrogens (primary N) is 1. The van der Waals surface area contributed by atoms with Crippen LogP contribution in [0.15, 0.2) is 58.7 Å². The van der Waals surface area contributed by atoms with Gasteiger partial charge >= 0.3 is 5.69 Å². The van der Waals surface area contributed by atoms with Crippen LogP contribution >= 0.6 is 0 Å². The third kappa shape index (κ3) is 4.16. The van der Waals surface area contributed by atoms with Crippen molar-refractivity contribution in [2.45, 2.75) is 43.8 Å². The van der Waals surface area contributed by atoms with Gasteiger partial charge in [0.25, 0.3) is 0 Å². The average Bonchev–Trinajstić information content (AvgIpc) is 3.36. The lowest BCUT2D eigenvalue weighted by Gasteiger charge is -2.37. The summed E-state index contributed by atoms with van der Waals surface area (Å²) < 4.78 is 30.1. The van der Waals surface area contributed by atoms with E-state index in [2.05, 4.69) is 21.0 Å². The van der Waals surface area contributed by atoms with Crippen molar-refractivity contribution in [3.63, 3.8) is 0 Å². The van der Waals surface area contributed by atoms with Crippen molar-refractivity contribution < 1.29 is 8.42 Å². The first-order valence-electron chi connectivity index (χ1n) is 13.0. The van der Waals surface area contributed by atoms with Crippen molar-refractivity contribution in [3.8, 4) is 11.1 Å². The first kappa shape index (κ1) is 25.4. The molecule has 4 aromatic rings. The summed E-state index contributed by atoms with van der Waals surface area (Å²) in [6, 6.07) is 9.67. The fourth-order valence-corrected chi connectivity index (χ4v) is 7.94. The molecule has 0 radical (unpaired) electrons. The standard InChI is InChI=1S/C28H31N7O3S/c1-30-14-19(13-29)24-8-5-18(15-31-24)17-4-9-25-23(10-17)27-26(16-32-25)33(2)28(36)34(27)22-11-20-6-7-21(12-22)35(20)39(3,37)38/h4-5,8-10,13-16,20-22H,6-7,11-12,29H2,1-3H3. The number of aromatic nitrogens is 4. The molecule has 2 atom stereocenters. The molecule has 2 fully saturated rings. The Kier molecular flexibility index (Phi) is 6.15. The van der Waals surface area contributed by atoms with Gasteiger partial charge in [-0.2, -0.15) is 4.31 Å². The Bertz CT molecular complexity index is 1810. The number of hydrogen-bond acceptors (Lipinski definition) is 7. The second-order valence-electron chi connectivity index (χ2n) is 10.5. The first-order chi connectivity index (χ1) is 18.7. The zero-order valence-corrected chi connectivity index (χ0v) is 23.0. The molecule has 2 aliphatic heterocycles. The Morgan fingerprint density at radius 3 is 2.38 bits per heavy atom. The summed E-state index contributed by atoms with van der Waals surface area (Å²) in [6.07, 6.45) is 10.9. The molecule has 0 amide bonds. The number of allylic oxidation sites excluding steroid dienone is 1. The Morgan fingerprint density at radius 1 is 1.05 bits per heavy atom. The van der Waals surface area contributed by atoms with Crippen molar-refractivity contribution >= 4 is 43.7 Å². The Morgan fingerprint density at radius 2 is 1.77 bits per heavy atom. The quantitative estimate of drug-likeness (QED) is 0.384. The van der Waals surface area contributed by atoms with Gasteiger partial charge in [-0.15, -0.1) is 0 Å². The normalized spacial score (nSPS) is 22.4. The number of aryl methyl sites for hydroxylation is 1. The van der Waals surface area contributed by atoms with Gasteiger partial charge < -0.3 is 5.73 Å². The van der Waals surface area contributed by atoms with Crippen LogP contribution in [-0.2, 0) is 17.1 Å². The highest BCUT2D eigenvalue weighted by Gasteiger charge is 2.46. The number of pyridine rings is 2. The summed E-state index contributed by atoms with van der Waals surface area (Å²) in [5.41, 5.74) is 11.3. The third-order valence-corrected chi connectivity index (χ3v) is 9.51. The minimum Gasteiger partial charge on any atom is -0.404 e. The smallest absolute Gasteiger partial charge is 0.329 e. The Labute approximate surface area is 226 Å². The molecule has 39 heavy (non-hydrogen) atoms. The molecule has 2 bridgehead atoms. The molecule has 11 heteroatoms. The van der Waals surface area contributed by atoms with Gasteiger partial charge in [0.2, 0.25) is 10.0 Å². The predicted molar refractivity (Wildman–Crippen MR) is 154 cm³/mol. The maximum atomic E-state index is 13.6. The van der Waals surface area contributed by atoms with Crippen LogP contribution in [0.2, 0.25) is 0 Å². The maximum Gasteiger partial charge on any atom is 0.329 e. The van der Waals surface area contributed by atoms with Gasteiger partial charge in [0.1, 0.15) is 0 Å². The SMILES string of the molecule is CN=CC(=CN)c1ccc(-c2ccc3ncc4c(c3c2)n(C2CC3CCC(C2)N3S(C)(=O)=O)c(=O)n4C)cn1. The van der Waals surface area contributed by atoms with Gasteiger partial charge in [-0.25, -0.2) is 13.2 Å². The summed E-state index contributed by atoms with van der Waals surface area (Å²) in [5.74, 6) is 0. The molecule has 3 aromatic heterocycles. The van der Waals surface area contributed by atoms with Gasteiger partial charge in [0.15, 0.2) is 0 Å². The summed E-state index contributed by atoms with van der Waals surface area (Å²) in [7, 11) is 0.160. The average molecular weight is 546 g/mol. The number of nitrogens with zero attached hydrogens (tertiary/aromatic N) is 6. The molecule has 2 saturated heterocycles. The number of benzene rings is 1. The van der Waals surface area contributed by atoms with Crippen LogP contribution < -0.4 is 11.4 Å². The van der Waals surface area contributed by atoms with Crippen molar-refractivity contribution in [3.05, 3.63) is 65.1 Å². The molecule has 2 unspecified atom stereocenters. The first-order valence-corrected chi connectivity index (χ1v) is 14.8. The van der Waals surface area contributed by atoms with Crippen molar-refractivity contribution in [2.24, 2.45) is 17.8 Å². The topological polar surface area (TPSA) is 128 Å². The molecule has 0 saturated carbocycles. The molecule has 6 rings (SSSR count). The second-order valence-corrected chi connectivity index (χ2v) is 12.4. The third-order valence-electron chi connectivity index (χ3n) is 8.15. The Hall–Kier alpha value is -3.83. The molecular formula is C28H31N7O3S. The monoisotopic (exact) mass is 545 g/mol. The molecule has 10 nitrogen and oxygen atoms in total. The van der Waals surface area contributed by atoms with Gasteiger partial charge in [-0.1, -0.05) is 12.1 Å². The number of hydrogen-bond donors (Lipinski definition) is 1. The van der Waals surface area contributed by atoms with Crippen LogP contribution in [-0.4, -0.2) is 63.4 Å². The second kappa shape index (κ2) is 9.42. The number of piperidine rings is 1. The molecule has 1 aromatic carbocycles. The number of sulfonamides is 1. The highest BCUT2D eigenvalue weighted by atomic mass is 32.2. The van der Waals surface area contributed by atoms with E-state index in [1.165, 1.54) is 12.5 Å². The lowest BCUT2D eigenvalue weighted by Crippen LogP contribution is -2.47. The van der Waals surface area contributed by atoms with E-state index in [1.807, 2.05) is 28.8 Å². The lowest BCUT2D eigenvalue weighted by atomic mass is 9.98. The molecule has 202 valence electrons. The zero-order valence-electron chi connectivity index (χ0n) is 22.2. The molecule has 2 N–H and O–H groups in total. The van der Waals surface area contributed by atoms with E-state index in [9.17, 15) is 13.2 Å². The van der Waals surface area contributed by atoms with Crippen molar-refractivity contribution in [1.29, 1.82) is 0 Å². The van der Waals surface area contributed by atoms with Gasteiger partial charge in [-0.3, -0.25) is 24.1 Å². The van der Waals surface area contributed by atoms with Crippen LogP contribution in [0.1, 0.15) is 37.4 Å². The van der Waals surface area contributed by atoms with Gasteiger partial charge in [0.05, 0.1) is 34.7 Å². The maximum absolute atomic E-state index is 13.6. The summed E-state index contributed by atoms with van der Waals surface area (Å²) in [4.78, 5) is 26.9. The van der Waals surface area contributed by atoms with Crippen LogP contribution in [0.25, 0.3) is 38.6 Å². The van der Waals surface area contributed by atoms with E-state index >= 15 is 0 Å². The van der Waals surface area contributed by atoms with E-state index in [0.29, 0.717) is 12.8 Å². The van der Waals surface area contributed by atoms with E-state index in [0.717, 1.165) is 57.2 Å². The lowest BCUT2D eigenvalue weighted by molar-refractivity contribution is 0.194. The van der Waals surface area contributed by atoms with Crippen molar-refractivity contribution in [1.82, 2.24) is 23.4 Å². The minimum atomic E-state index is -3.29. The molecule has 2 aliphatic rings. The molecule has 5 heterocycles. The fourth-order valence-electron chi connectivity index (χ4n) is 6.47. The summed E-state index contributed by atoms with van der Waals surface area (Å²) >= 11 is 0. The highest BCUT2D eigenvalue weighted by Crippen LogP contribution is 2.43. The highest BCUT2D eigenvalue weighted by molar-refractivity contribution is 7.88. The Balaban J connectivity index is 1.46. The van der Waals surface area contributed by atoms with E-state index in [-0.39, 0.29) is 23.8 Å². The number of fused-ring (bicyclic) bond motifs is 5. The molecular weight excluding hydrogens is 514 g/mol. The van der Waals surface area contributed by atoms with E-state index in [4.69, 9.17) is 5.73 Å². The van der Waals surface area contributed by atoms with Crippen LogP contribution in [0.4, 0.5) is 0 Å².